The molecule has 1 amide bonds. The molecule has 3 atom stereocenters. The number of unbranched alkanes of at least 4 members (excludes halogenated alkanes) is 45. The molecule has 0 aliphatic heterocycles. The minimum atomic E-state index is -4.57. The van der Waals surface area contributed by atoms with E-state index in [0.717, 1.165) is 38.5 Å². The first-order valence-electron chi connectivity index (χ1n) is 30.9. The van der Waals surface area contributed by atoms with E-state index in [-0.39, 0.29) is 19.1 Å². The number of aliphatic hydroxyl groups is 1. The Morgan fingerprint density at radius 3 is 0.986 bits per heavy atom. The van der Waals surface area contributed by atoms with Gasteiger partial charge in [0, 0.05) is 6.42 Å². The molecule has 69 heavy (non-hydrogen) atoms. The van der Waals surface area contributed by atoms with Crippen LogP contribution in [0.25, 0.3) is 0 Å². The van der Waals surface area contributed by atoms with Crippen LogP contribution in [-0.2, 0) is 18.4 Å². The maximum Gasteiger partial charge on any atom is 0.268 e. The third kappa shape index (κ3) is 55.1. The van der Waals surface area contributed by atoms with Crippen molar-refractivity contribution in [2.75, 3.05) is 40.9 Å². The molecule has 0 spiro atoms. The van der Waals surface area contributed by atoms with Gasteiger partial charge in [0.15, 0.2) is 0 Å². The third-order valence-corrected chi connectivity index (χ3v) is 15.6. The van der Waals surface area contributed by atoms with E-state index < -0.39 is 20.0 Å². The van der Waals surface area contributed by atoms with Gasteiger partial charge in [-0.1, -0.05) is 309 Å². The number of hydrogen-bond acceptors (Lipinski definition) is 6. The van der Waals surface area contributed by atoms with Gasteiger partial charge in [0.2, 0.25) is 5.91 Å². The van der Waals surface area contributed by atoms with Gasteiger partial charge in [0.1, 0.15) is 13.2 Å². The summed E-state index contributed by atoms with van der Waals surface area (Å²) in [6, 6.07) is -0.795. The van der Waals surface area contributed by atoms with Crippen LogP contribution in [0.2, 0.25) is 0 Å². The first-order valence-corrected chi connectivity index (χ1v) is 32.3. The van der Waals surface area contributed by atoms with Crippen molar-refractivity contribution >= 4 is 13.7 Å². The molecule has 414 valence electrons. The number of aliphatic hydroxyl groups excluding tert-OH is 1. The number of phosphoric ester groups is 1. The van der Waals surface area contributed by atoms with Gasteiger partial charge < -0.3 is 28.8 Å². The van der Waals surface area contributed by atoms with Crippen LogP contribution in [0.3, 0.4) is 0 Å². The number of carbonyl (C=O) groups excluding carboxylic acids is 1. The summed E-state index contributed by atoms with van der Waals surface area (Å²) in [7, 11) is 1.33. The molecule has 0 heterocycles. The summed E-state index contributed by atoms with van der Waals surface area (Å²) in [6.07, 6.45) is 62.9. The van der Waals surface area contributed by atoms with E-state index in [1.807, 2.05) is 21.1 Å². The second kappa shape index (κ2) is 52.4. The van der Waals surface area contributed by atoms with Crippen LogP contribution in [-0.4, -0.2) is 68.5 Å². The fourth-order valence-corrected chi connectivity index (χ4v) is 10.5. The summed E-state index contributed by atoms with van der Waals surface area (Å²) in [4.78, 5) is 25.5. The topological polar surface area (TPSA) is 108 Å². The highest BCUT2D eigenvalue weighted by molar-refractivity contribution is 7.45. The van der Waals surface area contributed by atoms with Crippen molar-refractivity contribution in [1.82, 2.24) is 5.32 Å². The first kappa shape index (κ1) is 68.5. The van der Waals surface area contributed by atoms with Crippen molar-refractivity contribution in [2.45, 2.75) is 341 Å². The third-order valence-electron chi connectivity index (χ3n) is 14.6. The van der Waals surface area contributed by atoms with Crippen molar-refractivity contribution < 1.29 is 32.9 Å². The zero-order chi connectivity index (χ0) is 50.6. The number of hydrogen-bond donors (Lipinski definition) is 2. The molecule has 0 aromatic heterocycles. The largest absolute Gasteiger partial charge is 0.756 e. The van der Waals surface area contributed by atoms with Crippen molar-refractivity contribution in [1.29, 1.82) is 0 Å². The van der Waals surface area contributed by atoms with Crippen molar-refractivity contribution in [3.63, 3.8) is 0 Å². The van der Waals surface area contributed by atoms with E-state index >= 15 is 0 Å². The maximum atomic E-state index is 13.0. The van der Waals surface area contributed by atoms with Crippen LogP contribution in [0, 0.1) is 0 Å². The van der Waals surface area contributed by atoms with Crippen molar-refractivity contribution in [2.24, 2.45) is 0 Å². The van der Waals surface area contributed by atoms with Crippen LogP contribution in [0.5, 0.6) is 0 Å². The lowest BCUT2D eigenvalue weighted by Gasteiger charge is -2.30. The number of nitrogens with one attached hydrogen (secondary N) is 1. The van der Waals surface area contributed by atoms with Crippen LogP contribution in [0.1, 0.15) is 328 Å². The Balaban J connectivity index is 4.04. The van der Waals surface area contributed by atoms with E-state index in [1.165, 1.54) is 263 Å². The van der Waals surface area contributed by atoms with Gasteiger partial charge in [-0.05, 0) is 12.8 Å². The summed E-state index contributed by atoms with van der Waals surface area (Å²) >= 11 is 0. The number of nitrogens with zero attached hydrogens (tertiary/aromatic N) is 1. The average Bonchev–Trinajstić information content (AvgIpc) is 3.31. The molecule has 0 aliphatic carbocycles. The molecule has 0 aromatic rings. The van der Waals surface area contributed by atoms with E-state index in [2.05, 4.69) is 19.2 Å². The first-order chi connectivity index (χ1) is 33.5. The SMILES string of the molecule is CCCCCCCCCCCCCCCCCCCCCCCCCCCCCCCC(O)C(COP(=O)([O-])OCC[N+](C)(C)C)NC(=O)CCCCCCCCCCCCCCCCCCCC. The Morgan fingerprint density at radius 2 is 0.710 bits per heavy atom. The van der Waals surface area contributed by atoms with Gasteiger partial charge in [0.05, 0.1) is 39.9 Å². The van der Waals surface area contributed by atoms with Crippen LogP contribution >= 0.6 is 7.82 Å². The minimum Gasteiger partial charge on any atom is -0.756 e. The lowest BCUT2D eigenvalue weighted by molar-refractivity contribution is -0.870. The normalized spacial score (nSPS) is 13.8. The highest BCUT2D eigenvalue weighted by Crippen LogP contribution is 2.38. The zero-order valence-electron chi connectivity index (χ0n) is 47.3. The zero-order valence-corrected chi connectivity index (χ0v) is 48.2. The Morgan fingerprint density at radius 1 is 0.449 bits per heavy atom. The van der Waals surface area contributed by atoms with Gasteiger partial charge >= 0.3 is 0 Å². The standard InChI is InChI=1S/C60H123N2O6P/c1-6-8-10-12-14-16-18-20-22-24-26-27-28-29-30-31-32-33-34-35-36-37-39-41-43-45-47-49-51-53-59(63)58(57-68-69(65,66)67-56-55-62(3,4)5)61-60(64)54-52-50-48-46-44-42-40-38-25-23-21-19-17-15-13-11-9-7-2/h58-59,63H,6-57H2,1-5H3,(H-,61,64,65,66). The second-order valence-corrected chi connectivity index (χ2v) is 24.2. The summed E-state index contributed by atoms with van der Waals surface area (Å²) in [5.74, 6) is -0.156. The molecular formula is C60H123N2O6P. The Hall–Kier alpha value is -0.500. The van der Waals surface area contributed by atoms with Gasteiger partial charge in [0.25, 0.3) is 7.82 Å². The highest BCUT2D eigenvalue weighted by Gasteiger charge is 2.24. The molecule has 0 radical (unpaired) electrons. The van der Waals surface area contributed by atoms with Crippen molar-refractivity contribution in [3.8, 4) is 0 Å². The minimum absolute atomic E-state index is 0.0167. The number of rotatable bonds is 58. The predicted octanol–water partition coefficient (Wildman–Crippen LogP) is 18.2. The van der Waals surface area contributed by atoms with E-state index in [9.17, 15) is 19.4 Å². The van der Waals surface area contributed by atoms with Crippen molar-refractivity contribution in [3.05, 3.63) is 0 Å². The molecule has 0 aliphatic rings. The number of carbonyl (C=O) groups is 1. The molecule has 0 fully saturated rings. The maximum absolute atomic E-state index is 13.0. The van der Waals surface area contributed by atoms with Gasteiger partial charge in [-0.2, -0.15) is 0 Å². The highest BCUT2D eigenvalue weighted by atomic mass is 31.2. The van der Waals surface area contributed by atoms with Gasteiger partial charge in [-0.15, -0.1) is 0 Å². The Kier molecular flexibility index (Phi) is 52.0. The molecule has 0 aromatic carbocycles. The van der Waals surface area contributed by atoms with Crippen LogP contribution in [0.15, 0.2) is 0 Å². The molecule has 2 N–H and O–H groups in total. The fraction of sp³-hybridized carbons (Fsp3) is 0.983. The second-order valence-electron chi connectivity index (χ2n) is 22.8. The lowest BCUT2D eigenvalue weighted by atomic mass is 10.0. The number of amides is 1. The quantitative estimate of drug-likeness (QED) is 0.0357. The number of phosphoric acid groups is 1. The monoisotopic (exact) mass is 999 g/mol. The molecule has 0 rings (SSSR count). The molecule has 9 heteroatoms. The summed E-state index contributed by atoms with van der Waals surface area (Å²) in [6.45, 7) is 4.78. The summed E-state index contributed by atoms with van der Waals surface area (Å²) in [5.41, 5.74) is 0. The van der Waals surface area contributed by atoms with Gasteiger partial charge in [-0.3, -0.25) is 9.36 Å². The Bertz CT molecular complexity index is 1090. The van der Waals surface area contributed by atoms with Crippen LogP contribution in [0.4, 0.5) is 0 Å². The summed E-state index contributed by atoms with van der Waals surface area (Å²) in [5, 5.41) is 14.1. The fourth-order valence-electron chi connectivity index (χ4n) is 9.75. The lowest BCUT2D eigenvalue weighted by Crippen LogP contribution is -2.46. The van der Waals surface area contributed by atoms with E-state index in [1.54, 1.807) is 0 Å². The molecule has 8 nitrogen and oxygen atoms in total. The average molecular weight is 1000 g/mol. The van der Waals surface area contributed by atoms with E-state index in [0.29, 0.717) is 23.9 Å². The molecule has 0 saturated heterocycles. The molecule has 0 saturated carbocycles. The molecule has 0 bridgehead atoms. The molecule has 3 unspecified atom stereocenters. The van der Waals surface area contributed by atoms with E-state index in [4.69, 9.17) is 9.05 Å². The van der Waals surface area contributed by atoms with Gasteiger partial charge in [-0.25, -0.2) is 0 Å². The number of quaternary nitrogens is 1. The summed E-state index contributed by atoms with van der Waals surface area (Å²) < 4.78 is 23.5. The van der Waals surface area contributed by atoms with Crippen LogP contribution < -0.4 is 10.2 Å². The predicted molar refractivity (Wildman–Crippen MR) is 298 cm³/mol. The Labute approximate surface area is 431 Å². The molecular weight excluding hydrogens is 876 g/mol. The smallest absolute Gasteiger partial charge is 0.268 e. The number of likely N-dealkylation sites (N-methyl/N-ethyl adjacent to an activating group) is 1.